The number of H-pyrrole nitrogens is 1. The van der Waals surface area contributed by atoms with Crippen molar-refractivity contribution in [1.29, 1.82) is 5.26 Å². The number of fused-ring (bicyclic) bond motifs is 1. The van der Waals surface area contributed by atoms with Crippen molar-refractivity contribution in [3.05, 3.63) is 32.7 Å². The number of hydrogen-bond acceptors (Lipinski definition) is 3. The summed E-state index contributed by atoms with van der Waals surface area (Å²) in [5.41, 5.74) is -3.05. The summed E-state index contributed by atoms with van der Waals surface area (Å²) in [6.45, 7) is 1.29. The van der Waals surface area contributed by atoms with Crippen molar-refractivity contribution in [3.8, 4) is 6.07 Å². The molecule has 8 heteroatoms. The van der Waals surface area contributed by atoms with Gasteiger partial charge in [0, 0.05) is 18.7 Å². The Morgan fingerprint density at radius 1 is 1.48 bits per heavy atom. The van der Waals surface area contributed by atoms with Crippen molar-refractivity contribution in [2.75, 3.05) is 0 Å². The molecule has 1 atom stereocenters. The first-order valence-corrected chi connectivity index (χ1v) is 6.26. The molecule has 0 saturated heterocycles. The molecule has 0 bridgehead atoms. The van der Waals surface area contributed by atoms with Gasteiger partial charge in [0.1, 0.15) is 11.6 Å². The van der Waals surface area contributed by atoms with E-state index < -0.39 is 28.9 Å². The van der Waals surface area contributed by atoms with Gasteiger partial charge >= 0.3 is 6.18 Å². The van der Waals surface area contributed by atoms with Crippen LogP contribution in [0.2, 0.25) is 0 Å². The Morgan fingerprint density at radius 2 is 2.14 bits per heavy atom. The molecule has 0 radical (unpaired) electrons. The standard InChI is InChI=1S/C13H12F3N3O2/c1-6(20)18-7-2-3-10-8(4-7)11(13(14,15)16)9(5-17)12(21)19-10/h7H,2-4H2,1H3,(H,18,20)(H,19,21). The van der Waals surface area contributed by atoms with Crippen molar-refractivity contribution < 1.29 is 18.0 Å². The Labute approximate surface area is 117 Å². The van der Waals surface area contributed by atoms with Crippen LogP contribution in [0, 0.1) is 11.3 Å². The molecule has 1 amide bonds. The molecule has 0 aliphatic heterocycles. The van der Waals surface area contributed by atoms with Crippen LogP contribution < -0.4 is 10.9 Å². The number of alkyl halides is 3. The highest BCUT2D eigenvalue weighted by molar-refractivity contribution is 5.73. The van der Waals surface area contributed by atoms with Crippen LogP contribution in [0.5, 0.6) is 0 Å². The summed E-state index contributed by atoms with van der Waals surface area (Å²) in [4.78, 5) is 25.0. The molecule has 2 rings (SSSR count). The minimum absolute atomic E-state index is 0.0603. The monoisotopic (exact) mass is 299 g/mol. The molecule has 5 nitrogen and oxygen atoms in total. The van der Waals surface area contributed by atoms with Gasteiger partial charge in [-0.15, -0.1) is 0 Å². The Bertz CT molecular complexity index is 686. The minimum Gasteiger partial charge on any atom is -0.353 e. The van der Waals surface area contributed by atoms with Gasteiger partial charge in [-0.1, -0.05) is 0 Å². The maximum Gasteiger partial charge on any atom is 0.418 e. The third-order valence-electron chi connectivity index (χ3n) is 3.40. The number of rotatable bonds is 1. The molecule has 0 saturated carbocycles. The molecule has 112 valence electrons. The van der Waals surface area contributed by atoms with Gasteiger partial charge in [-0.25, -0.2) is 0 Å². The quantitative estimate of drug-likeness (QED) is 0.818. The fourth-order valence-electron chi connectivity index (χ4n) is 2.63. The Morgan fingerprint density at radius 3 is 2.67 bits per heavy atom. The van der Waals surface area contributed by atoms with Gasteiger partial charge in [0.2, 0.25) is 5.91 Å². The first kappa shape index (κ1) is 15.1. The van der Waals surface area contributed by atoms with Gasteiger partial charge in [-0.2, -0.15) is 18.4 Å². The van der Waals surface area contributed by atoms with E-state index in [9.17, 15) is 22.8 Å². The van der Waals surface area contributed by atoms with E-state index in [2.05, 4.69) is 10.3 Å². The lowest BCUT2D eigenvalue weighted by molar-refractivity contribution is -0.138. The number of nitrogens with zero attached hydrogens (tertiary/aromatic N) is 1. The van der Waals surface area contributed by atoms with E-state index in [4.69, 9.17) is 5.26 Å². The Kier molecular flexibility index (Phi) is 3.77. The third kappa shape index (κ3) is 2.91. The number of amides is 1. The summed E-state index contributed by atoms with van der Waals surface area (Å²) in [6.07, 6.45) is -4.20. The van der Waals surface area contributed by atoms with Gasteiger partial charge in [-0.05, 0) is 24.8 Å². The van der Waals surface area contributed by atoms with Gasteiger partial charge < -0.3 is 10.3 Å². The zero-order chi connectivity index (χ0) is 15.8. The zero-order valence-electron chi connectivity index (χ0n) is 11.1. The number of carbonyl (C=O) groups is 1. The highest BCUT2D eigenvalue weighted by Crippen LogP contribution is 2.36. The lowest BCUT2D eigenvalue weighted by Crippen LogP contribution is -2.39. The molecular formula is C13H12F3N3O2. The van der Waals surface area contributed by atoms with Crippen molar-refractivity contribution >= 4 is 5.91 Å². The highest BCUT2D eigenvalue weighted by Gasteiger charge is 2.40. The van der Waals surface area contributed by atoms with Crippen molar-refractivity contribution in [1.82, 2.24) is 10.3 Å². The zero-order valence-corrected chi connectivity index (χ0v) is 11.1. The molecular weight excluding hydrogens is 287 g/mol. The van der Waals surface area contributed by atoms with Gasteiger partial charge in [0.05, 0.1) is 5.56 Å². The van der Waals surface area contributed by atoms with E-state index in [0.29, 0.717) is 6.42 Å². The van der Waals surface area contributed by atoms with Crippen LogP contribution in [0.25, 0.3) is 0 Å². The smallest absolute Gasteiger partial charge is 0.353 e. The van der Waals surface area contributed by atoms with Crippen LogP contribution >= 0.6 is 0 Å². The summed E-state index contributed by atoms with van der Waals surface area (Å²) in [7, 11) is 0. The second-order valence-corrected chi connectivity index (χ2v) is 4.91. The van der Waals surface area contributed by atoms with Crippen LogP contribution in [0.3, 0.4) is 0 Å². The molecule has 0 spiro atoms. The Hall–Kier alpha value is -2.30. The third-order valence-corrected chi connectivity index (χ3v) is 3.40. The second-order valence-electron chi connectivity index (χ2n) is 4.91. The topological polar surface area (TPSA) is 85.8 Å². The van der Waals surface area contributed by atoms with E-state index in [1.165, 1.54) is 13.0 Å². The predicted molar refractivity (Wildman–Crippen MR) is 66.4 cm³/mol. The number of carbonyl (C=O) groups excluding carboxylic acids is 1. The summed E-state index contributed by atoms with van der Waals surface area (Å²) in [5, 5.41) is 11.4. The average molecular weight is 299 g/mol. The van der Waals surface area contributed by atoms with Crippen LogP contribution in [0.4, 0.5) is 13.2 Å². The van der Waals surface area contributed by atoms with Gasteiger partial charge in [-0.3, -0.25) is 9.59 Å². The maximum absolute atomic E-state index is 13.2. The van der Waals surface area contributed by atoms with Gasteiger partial charge in [0.15, 0.2) is 0 Å². The SMILES string of the molecule is CC(=O)NC1CCc2[nH]c(=O)c(C#N)c(C(F)(F)F)c2C1. The minimum atomic E-state index is -4.79. The second kappa shape index (κ2) is 5.24. The maximum atomic E-state index is 13.2. The molecule has 1 heterocycles. The average Bonchev–Trinajstić information content (AvgIpc) is 2.35. The number of halogens is 3. The highest BCUT2D eigenvalue weighted by atomic mass is 19.4. The molecule has 1 aromatic rings. The molecule has 1 aliphatic carbocycles. The van der Waals surface area contributed by atoms with Crippen LogP contribution in [0.15, 0.2) is 4.79 Å². The molecule has 1 unspecified atom stereocenters. The first-order chi connectivity index (χ1) is 9.74. The summed E-state index contributed by atoms with van der Waals surface area (Å²) >= 11 is 0. The lowest BCUT2D eigenvalue weighted by Gasteiger charge is -2.27. The number of pyridine rings is 1. The largest absolute Gasteiger partial charge is 0.418 e. The summed E-state index contributed by atoms with van der Waals surface area (Å²) < 4.78 is 39.6. The van der Waals surface area contributed by atoms with E-state index in [0.717, 1.165) is 0 Å². The fourth-order valence-corrected chi connectivity index (χ4v) is 2.63. The fraction of sp³-hybridized carbons (Fsp3) is 0.462. The number of aryl methyl sites for hydroxylation is 1. The predicted octanol–water partition coefficient (Wildman–Crippen LogP) is 1.26. The number of aromatic amines is 1. The summed E-state index contributed by atoms with van der Waals surface area (Å²) in [6, 6.07) is 0.889. The van der Waals surface area contributed by atoms with E-state index in [-0.39, 0.29) is 30.0 Å². The van der Waals surface area contributed by atoms with Crippen LogP contribution in [-0.4, -0.2) is 16.9 Å². The molecule has 0 fully saturated rings. The summed E-state index contributed by atoms with van der Waals surface area (Å²) in [5.74, 6) is -0.332. The van der Waals surface area contributed by atoms with Crippen LogP contribution in [0.1, 0.15) is 35.7 Å². The molecule has 1 aromatic heterocycles. The lowest BCUT2D eigenvalue weighted by atomic mass is 9.87. The molecule has 21 heavy (non-hydrogen) atoms. The van der Waals surface area contributed by atoms with Gasteiger partial charge in [0.25, 0.3) is 5.56 Å². The van der Waals surface area contributed by atoms with Crippen molar-refractivity contribution in [3.63, 3.8) is 0 Å². The number of hydrogen-bond donors (Lipinski definition) is 2. The Balaban J connectivity index is 2.59. The van der Waals surface area contributed by atoms with Crippen molar-refractivity contribution in [2.45, 2.75) is 38.4 Å². The molecule has 2 N–H and O–H groups in total. The van der Waals surface area contributed by atoms with E-state index >= 15 is 0 Å². The number of nitrogens with one attached hydrogen (secondary N) is 2. The van der Waals surface area contributed by atoms with E-state index in [1.807, 2.05) is 0 Å². The first-order valence-electron chi connectivity index (χ1n) is 6.26. The number of aromatic nitrogens is 1. The normalized spacial score (nSPS) is 17.8. The van der Waals surface area contributed by atoms with Crippen LogP contribution in [-0.2, 0) is 23.8 Å². The number of nitriles is 1. The molecule has 0 aromatic carbocycles. The van der Waals surface area contributed by atoms with Crippen molar-refractivity contribution in [2.24, 2.45) is 0 Å². The van der Waals surface area contributed by atoms with E-state index in [1.54, 1.807) is 0 Å². The molecule has 1 aliphatic rings.